The topological polar surface area (TPSA) is 279 Å². The molecule has 1 unspecified atom stereocenters. The third kappa shape index (κ3) is 9.19. The molecule has 2 saturated carbocycles. The number of cyclic esters (lactones) is 1. The van der Waals surface area contributed by atoms with Crippen LogP contribution in [0.3, 0.4) is 0 Å². The lowest BCUT2D eigenvalue weighted by Gasteiger charge is -2.67. The Bertz CT molecular complexity index is 2620. The van der Waals surface area contributed by atoms with Crippen molar-refractivity contribution in [3.8, 4) is 0 Å². The number of pyridine rings is 1. The lowest BCUT2D eigenvalue weighted by molar-refractivity contribution is -0.386. The summed E-state index contributed by atoms with van der Waals surface area (Å²) in [6.07, 6.45) is -12.4. The third-order valence-electron chi connectivity index (χ3n) is 13.5. The third-order valence-corrected chi connectivity index (χ3v) is 13.5. The molecular weight excluding hydrogens is 935 g/mol. The van der Waals surface area contributed by atoms with Gasteiger partial charge in [0.25, 0.3) is 0 Å². The molecule has 12 atom stereocenters. The summed E-state index contributed by atoms with van der Waals surface area (Å²) in [5.41, 5.74) is -13.5. The van der Waals surface area contributed by atoms with E-state index in [9.17, 15) is 43.5 Å². The predicted molar refractivity (Wildman–Crippen MR) is 236 cm³/mol. The summed E-state index contributed by atoms with van der Waals surface area (Å²) in [7, 11) is 0. The molecule has 2 aliphatic carbocycles. The molecule has 71 heavy (non-hydrogen) atoms. The highest BCUT2D eigenvalue weighted by Crippen LogP contribution is 2.70. The number of hydrogen-bond acceptors (Lipinski definition) is 21. The van der Waals surface area contributed by atoms with Gasteiger partial charge in [-0.1, -0.05) is 36.4 Å². The maximum atomic E-state index is 15.3. The zero-order valence-corrected chi connectivity index (χ0v) is 40.0. The van der Waals surface area contributed by atoms with Crippen LogP contribution in [0.4, 0.5) is 0 Å². The van der Waals surface area contributed by atoms with Gasteiger partial charge in [0.2, 0.25) is 5.60 Å². The Morgan fingerprint density at radius 3 is 1.79 bits per heavy atom. The van der Waals surface area contributed by atoms with E-state index in [0.717, 1.165) is 41.5 Å². The smallest absolute Gasteiger partial charge is 0.350 e. The zero-order valence-electron chi connectivity index (χ0n) is 40.0. The molecule has 0 radical (unpaired) electrons. The quantitative estimate of drug-likeness (QED) is 0.226. The summed E-state index contributed by atoms with van der Waals surface area (Å²) in [6, 6.07) is 17.8. The van der Waals surface area contributed by atoms with Crippen molar-refractivity contribution in [3.63, 3.8) is 0 Å². The van der Waals surface area contributed by atoms with Crippen molar-refractivity contribution in [3.05, 3.63) is 101 Å². The molecule has 2 aliphatic heterocycles. The van der Waals surface area contributed by atoms with E-state index in [1.807, 2.05) is 0 Å². The van der Waals surface area contributed by atoms with Crippen LogP contribution >= 0.6 is 0 Å². The van der Waals surface area contributed by atoms with Gasteiger partial charge in [-0.05, 0) is 63.6 Å². The van der Waals surface area contributed by atoms with E-state index in [1.54, 1.807) is 24.3 Å². The number of ether oxygens (including phenoxy) is 10. The molecule has 21 nitrogen and oxygen atoms in total. The minimum atomic E-state index is -3.06. The highest BCUT2D eigenvalue weighted by molar-refractivity contribution is 5.93. The molecule has 1 aromatic heterocycles. The monoisotopic (exact) mass is 987 g/mol. The standard InChI is InChI=1S/C50H53NO20/c1-26(52)62-25-49-40(66-29(4)55)36(64-27(2)53)35-38(68-42(57)31-16-11-9-12-17-31)50(49)48(8,61)39(37(65-28(3)54)41(49)67-30(5)56)69-45(60)46(6,70-43(58)32-18-13-10-14-19-32)22-21-34-33(20-15-23-51-34)44(59)63-24-47(35,7)71-50/h9-20,23,35-41,61H,21-22,24-25H2,1-8H3/t35-,36+,37+,38+,39+,40-,41-,46?,47+,48+,49+,50-/m0/s1. The van der Waals surface area contributed by atoms with Crippen LogP contribution in [0.1, 0.15) is 98.6 Å². The number of carbonyl (C=O) groups excluding carboxylic acids is 9. The van der Waals surface area contributed by atoms with Crippen molar-refractivity contribution in [1.82, 2.24) is 4.98 Å². The molecular formula is C50H53NO20. The first-order chi connectivity index (χ1) is 33.4. The maximum Gasteiger partial charge on any atom is 0.350 e. The lowest BCUT2D eigenvalue weighted by atomic mass is 9.45. The Kier molecular flexibility index (Phi) is 14.2. The van der Waals surface area contributed by atoms with E-state index < -0.39 is 144 Å². The molecule has 4 aliphatic rings. The minimum absolute atomic E-state index is 0.000141. The second-order valence-electron chi connectivity index (χ2n) is 18.4. The first-order valence-electron chi connectivity index (χ1n) is 22.5. The van der Waals surface area contributed by atoms with Gasteiger partial charge in [-0.25, -0.2) is 19.2 Å². The average molecular weight is 988 g/mol. The van der Waals surface area contributed by atoms with E-state index >= 15 is 4.79 Å². The lowest BCUT2D eigenvalue weighted by Crippen LogP contribution is -2.89. The summed E-state index contributed by atoms with van der Waals surface area (Å²) < 4.78 is 61.9. The van der Waals surface area contributed by atoms with E-state index in [1.165, 1.54) is 68.6 Å². The van der Waals surface area contributed by atoms with Crippen molar-refractivity contribution in [2.45, 2.75) is 127 Å². The number of nitrogens with zero attached hydrogens (tertiary/aromatic N) is 1. The fourth-order valence-electron chi connectivity index (χ4n) is 10.7. The molecule has 1 spiro atoms. The van der Waals surface area contributed by atoms with Crippen LogP contribution in [0.15, 0.2) is 79.0 Å². The van der Waals surface area contributed by atoms with Crippen molar-refractivity contribution < 1.29 is 95.6 Å². The van der Waals surface area contributed by atoms with Crippen LogP contribution in [-0.2, 0) is 82.6 Å². The van der Waals surface area contributed by atoms with E-state index in [0.29, 0.717) is 0 Å². The molecule has 3 heterocycles. The molecule has 3 fully saturated rings. The van der Waals surface area contributed by atoms with Gasteiger partial charge in [-0.3, -0.25) is 29.0 Å². The maximum absolute atomic E-state index is 15.3. The number of rotatable bonds is 10. The summed E-state index contributed by atoms with van der Waals surface area (Å²) in [5.74, 6) is -11.7. The highest BCUT2D eigenvalue weighted by Gasteiger charge is 2.92. The van der Waals surface area contributed by atoms with E-state index in [4.69, 9.17) is 47.4 Å². The average Bonchev–Trinajstić information content (AvgIpc) is 3.53. The molecule has 1 N–H and O–H groups in total. The summed E-state index contributed by atoms with van der Waals surface area (Å²) >= 11 is 0. The fraction of sp³-hybridized carbons (Fsp3) is 0.480. The molecule has 7 rings (SSSR count). The number of aromatic nitrogens is 1. The van der Waals surface area contributed by atoms with Gasteiger partial charge < -0.3 is 52.5 Å². The van der Waals surface area contributed by atoms with Crippen molar-refractivity contribution >= 4 is 53.7 Å². The molecule has 378 valence electrons. The minimum Gasteiger partial charge on any atom is -0.465 e. The van der Waals surface area contributed by atoms with Gasteiger partial charge in [0.05, 0.1) is 28.3 Å². The molecule has 2 aromatic carbocycles. The van der Waals surface area contributed by atoms with Gasteiger partial charge in [-0.2, -0.15) is 0 Å². The van der Waals surface area contributed by atoms with Gasteiger partial charge in [0, 0.05) is 47.2 Å². The number of fused-ring (bicyclic) bond motifs is 5. The van der Waals surface area contributed by atoms with Crippen LogP contribution in [0.25, 0.3) is 0 Å². The van der Waals surface area contributed by atoms with E-state index in [2.05, 4.69) is 4.98 Å². The second-order valence-corrected chi connectivity index (χ2v) is 18.4. The zero-order chi connectivity index (χ0) is 51.8. The van der Waals surface area contributed by atoms with Crippen molar-refractivity contribution in [2.24, 2.45) is 11.3 Å². The van der Waals surface area contributed by atoms with Crippen LogP contribution in [0, 0.1) is 11.3 Å². The molecule has 0 amide bonds. The fourth-order valence-corrected chi connectivity index (χ4v) is 10.7. The number of esters is 9. The molecule has 21 heteroatoms. The number of benzene rings is 2. The summed E-state index contributed by atoms with van der Waals surface area (Å²) in [6.45, 7) is 6.32. The Hall–Kier alpha value is -7.26. The van der Waals surface area contributed by atoms with Crippen LogP contribution in [0.5, 0.6) is 0 Å². The number of aryl methyl sites for hydroxylation is 1. The second kappa shape index (κ2) is 19.5. The highest BCUT2D eigenvalue weighted by atomic mass is 16.7. The Morgan fingerprint density at radius 2 is 1.23 bits per heavy atom. The molecule has 3 aromatic rings. The largest absolute Gasteiger partial charge is 0.465 e. The predicted octanol–water partition coefficient (Wildman–Crippen LogP) is 3.14. The van der Waals surface area contributed by atoms with Gasteiger partial charge in [-0.15, -0.1) is 0 Å². The number of aliphatic hydroxyl groups is 1. The van der Waals surface area contributed by atoms with Crippen LogP contribution in [-0.4, -0.2) is 136 Å². The number of carbonyl (C=O) groups is 9. The first kappa shape index (κ1) is 51.6. The molecule has 1 saturated heterocycles. The SMILES string of the molecule is CC(=O)OC[C@]12[C@@H](OC(C)=O)[C@H](OC(C)=O)[C@H]3[C@@H](OC(=O)c4ccccc4)[C@@]14O[C@]3(C)COC(=O)c1cccnc1CCC(C)(OC(=O)c1ccccc1)C(=O)O[C@H]([C@@H](OC(C)=O)[C@@H]2OC(C)=O)[C@@]4(C)O. The normalized spacial score (nSPS) is 32.9. The Labute approximate surface area is 406 Å². The van der Waals surface area contributed by atoms with Crippen molar-refractivity contribution in [2.75, 3.05) is 13.2 Å². The van der Waals surface area contributed by atoms with E-state index in [-0.39, 0.29) is 28.8 Å². The van der Waals surface area contributed by atoms with Gasteiger partial charge in [0.1, 0.15) is 42.0 Å². The van der Waals surface area contributed by atoms with Crippen LogP contribution in [0.2, 0.25) is 0 Å². The summed E-state index contributed by atoms with van der Waals surface area (Å²) in [5, 5.41) is 14.0. The first-order valence-corrected chi connectivity index (χ1v) is 22.5. The summed E-state index contributed by atoms with van der Waals surface area (Å²) in [4.78, 5) is 130. The van der Waals surface area contributed by atoms with Crippen LogP contribution < -0.4 is 0 Å². The Balaban J connectivity index is 1.62. The van der Waals surface area contributed by atoms with Gasteiger partial charge >= 0.3 is 53.7 Å². The molecule has 4 bridgehead atoms. The number of hydrogen-bond donors (Lipinski definition) is 1. The van der Waals surface area contributed by atoms with Crippen molar-refractivity contribution in [1.29, 1.82) is 0 Å². The van der Waals surface area contributed by atoms with Gasteiger partial charge in [0.15, 0.2) is 30.0 Å². The Morgan fingerprint density at radius 1 is 0.676 bits per heavy atom.